The van der Waals surface area contributed by atoms with Crippen LogP contribution in [0.2, 0.25) is 5.22 Å². The summed E-state index contributed by atoms with van der Waals surface area (Å²) in [6.45, 7) is 2.10. The van der Waals surface area contributed by atoms with Crippen molar-refractivity contribution in [1.29, 1.82) is 0 Å². The van der Waals surface area contributed by atoms with Crippen LogP contribution in [0.5, 0.6) is 0 Å². The van der Waals surface area contributed by atoms with Crippen molar-refractivity contribution in [3.8, 4) is 0 Å². The number of halogens is 1. The third-order valence-electron chi connectivity index (χ3n) is 4.01. The van der Waals surface area contributed by atoms with Crippen LogP contribution in [0.15, 0.2) is 83.3 Å². The van der Waals surface area contributed by atoms with E-state index in [1.54, 1.807) is 0 Å². The summed E-state index contributed by atoms with van der Waals surface area (Å²) in [5.74, 6) is 0. The molecule has 0 aliphatic carbocycles. The van der Waals surface area contributed by atoms with Crippen molar-refractivity contribution >= 4 is 39.6 Å². The fourth-order valence-electron chi connectivity index (χ4n) is 2.92. The fourth-order valence-corrected chi connectivity index (χ4v) is 3.12. The summed E-state index contributed by atoms with van der Waals surface area (Å²) in [5.41, 5.74) is 5.24. The van der Waals surface area contributed by atoms with Gasteiger partial charge >= 0.3 is 0 Å². The summed E-state index contributed by atoms with van der Waals surface area (Å²) in [6.07, 6.45) is 0. The molecule has 0 aliphatic rings. The minimum atomic E-state index is 0.406. The first kappa shape index (κ1) is 14.9. The highest BCUT2D eigenvalue weighted by atomic mass is 35.5. The first-order valence-electron chi connectivity index (χ1n) is 7.82. The lowest BCUT2D eigenvalue weighted by atomic mass is 10.1. The Morgan fingerprint density at radius 2 is 1.50 bits per heavy atom. The molecule has 24 heavy (non-hydrogen) atoms. The first-order valence-corrected chi connectivity index (χ1v) is 8.19. The van der Waals surface area contributed by atoms with E-state index in [0.29, 0.717) is 5.22 Å². The molecule has 4 aromatic rings. The number of rotatable bonds is 3. The standard InChI is InChI=1S/C21H16ClNO/c1-15-6-5-9-18(12-15)23(17-7-3-2-4-8-17)19-11-10-16-13-21(22)24-20(16)14-19/h2-14H,1H3. The van der Waals surface area contributed by atoms with E-state index in [0.717, 1.165) is 28.0 Å². The minimum Gasteiger partial charge on any atom is -0.445 e. The molecule has 0 amide bonds. The van der Waals surface area contributed by atoms with Gasteiger partial charge in [0.15, 0.2) is 5.22 Å². The van der Waals surface area contributed by atoms with Crippen molar-refractivity contribution in [3.05, 3.63) is 89.6 Å². The zero-order valence-corrected chi connectivity index (χ0v) is 14.0. The van der Waals surface area contributed by atoms with E-state index in [-0.39, 0.29) is 0 Å². The third-order valence-corrected chi connectivity index (χ3v) is 4.19. The zero-order valence-electron chi connectivity index (χ0n) is 13.2. The number of hydrogen-bond donors (Lipinski definition) is 0. The quantitative estimate of drug-likeness (QED) is 0.407. The van der Waals surface area contributed by atoms with Gasteiger partial charge in [0, 0.05) is 34.6 Å². The molecule has 0 radical (unpaired) electrons. The van der Waals surface area contributed by atoms with Crippen molar-refractivity contribution in [1.82, 2.24) is 0 Å². The fraction of sp³-hybridized carbons (Fsp3) is 0.0476. The molecule has 2 nitrogen and oxygen atoms in total. The lowest BCUT2D eigenvalue weighted by molar-refractivity contribution is 0.618. The van der Waals surface area contributed by atoms with Crippen molar-refractivity contribution in [3.63, 3.8) is 0 Å². The molecule has 3 heteroatoms. The predicted octanol–water partition coefficient (Wildman–Crippen LogP) is 6.86. The molecule has 0 bridgehead atoms. The maximum absolute atomic E-state index is 5.99. The first-order chi connectivity index (χ1) is 11.7. The average molecular weight is 334 g/mol. The molecule has 0 atom stereocenters. The molecule has 0 N–H and O–H groups in total. The van der Waals surface area contributed by atoms with Gasteiger partial charge < -0.3 is 9.32 Å². The van der Waals surface area contributed by atoms with Crippen LogP contribution < -0.4 is 4.90 Å². The summed E-state index contributed by atoms with van der Waals surface area (Å²) in [6, 6.07) is 26.7. The van der Waals surface area contributed by atoms with Crippen LogP contribution in [0.4, 0.5) is 17.1 Å². The van der Waals surface area contributed by atoms with Crippen LogP contribution in [0.1, 0.15) is 5.56 Å². The largest absolute Gasteiger partial charge is 0.445 e. The van der Waals surface area contributed by atoms with Gasteiger partial charge in [0.1, 0.15) is 5.58 Å². The minimum absolute atomic E-state index is 0.406. The lowest BCUT2D eigenvalue weighted by Gasteiger charge is -2.25. The lowest BCUT2D eigenvalue weighted by Crippen LogP contribution is -2.09. The third kappa shape index (κ3) is 2.77. The van der Waals surface area contributed by atoms with Gasteiger partial charge in [0.05, 0.1) is 0 Å². The number of hydrogen-bond acceptors (Lipinski definition) is 2. The molecule has 0 saturated heterocycles. The Balaban J connectivity index is 1.90. The Morgan fingerprint density at radius 3 is 2.29 bits per heavy atom. The highest BCUT2D eigenvalue weighted by molar-refractivity contribution is 6.29. The van der Waals surface area contributed by atoms with Gasteiger partial charge in [-0.05, 0) is 60.5 Å². The number of anilines is 3. The summed E-state index contributed by atoms with van der Waals surface area (Å²) in [5, 5.41) is 1.41. The van der Waals surface area contributed by atoms with Gasteiger partial charge in [-0.25, -0.2) is 0 Å². The second-order valence-electron chi connectivity index (χ2n) is 5.78. The van der Waals surface area contributed by atoms with Crippen LogP contribution >= 0.6 is 11.6 Å². The van der Waals surface area contributed by atoms with Crippen LogP contribution in [0.25, 0.3) is 11.0 Å². The summed E-state index contributed by atoms with van der Waals surface area (Å²) < 4.78 is 5.59. The van der Waals surface area contributed by atoms with E-state index >= 15 is 0 Å². The molecule has 0 unspecified atom stereocenters. The average Bonchev–Trinajstić information content (AvgIpc) is 2.96. The molecule has 0 spiro atoms. The van der Waals surface area contributed by atoms with Crippen LogP contribution in [-0.4, -0.2) is 0 Å². The predicted molar refractivity (Wildman–Crippen MR) is 101 cm³/mol. The molecule has 0 aliphatic heterocycles. The van der Waals surface area contributed by atoms with Crippen LogP contribution in [-0.2, 0) is 0 Å². The van der Waals surface area contributed by atoms with E-state index in [2.05, 4.69) is 54.3 Å². The van der Waals surface area contributed by atoms with Gasteiger partial charge in [-0.1, -0.05) is 30.3 Å². The van der Waals surface area contributed by atoms with Gasteiger partial charge in [0.2, 0.25) is 0 Å². The van der Waals surface area contributed by atoms with Crippen molar-refractivity contribution < 1.29 is 4.42 Å². The number of furan rings is 1. The maximum atomic E-state index is 5.99. The Kier molecular flexibility index (Phi) is 3.75. The number of benzene rings is 3. The molecular formula is C21H16ClNO. The van der Waals surface area contributed by atoms with Gasteiger partial charge in [-0.2, -0.15) is 0 Å². The molecule has 4 rings (SSSR count). The smallest absolute Gasteiger partial charge is 0.194 e. The molecule has 3 aromatic carbocycles. The van der Waals surface area contributed by atoms with E-state index in [4.69, 9.17) is 16.0 Å². The summed E-state index contributed by atoms with van der Waals surface area (Å²) in [7, 11) is 0. The molecule has 1 aromatic heterocycles. The van der Waals surface area contributed by atoms with E-state index in [1.165, 1.54) is 5.56 Å². The molecule has 0 saturated carbocycles. The topological polar surface area (TPSA) is 16.4 Å². The van der Waals surface area contributed by atoms with Gasteiger partial charge in [0.25, 0.3) is 0 Å². The monoisotopic (exact) mass is 333 g/mol. The van der Waals surface area contributed by atoms with Gasteiger partial charge in [-0.15, -0.1) is 0 Å². The number of nitrogens with zero attached hydrogens (tertiary/aromatic N) is 1. The number of aryl methyl sites for hydroxylation is 1. The van der Waals surface area contributed by atoms with E-state index < -0.39 is 0 Å². The number of para-hydroxylation sites is 1. The van der Waals surface area contributed by atoms with Gasteiger partial charge in [-0.3, -0.25) is 0 Å². The van der Waals surface area contributed by atoms with Crippen molar-refractivity contribution in [2.75, 3.05) is 4.90 Å². The highest BCUT2D eigenvalue weighted by Gasteiger charge is 2.14. The Morgan fingerprint density at radius 1 is 0.750 bits per heavy atom. The normalized spacial score (nSPS) is 10.9. The maximum Gasteiger partial charge on any atom is 0.194 e. The Bertz CT molecular complexity index is 991. The molecule has 118 valence electrons. The van der Waals surface area contributed by atoms with E-state index in [1.807, 2.05) is 36.4 Å². The Hall–Kier alpha value is -2.71. The van der Waals surface area contributed by atoms with Crippen molar-refractivity contribution in [2.45, 2.75) is 6.92 Å². The number of fused-ring (bicyclic) bond motifs is 1. The summed E-state index contributed by atoms with van der Waals surface area (Å²) in [4.78, 5) is 2.21. The summed E-state index contributed by atoms with van der Waals surface area (Å²) >= 11 is 5.99. The highest BCUT2D eigenvalue weighted by Crippen LogP contribution is 2.37. The van der Waals surface area contributed by atoms with Crippen molar-refractivity contribution in [2.24, 2.45) is 0 Å². The Labute approximate surface area is 145 Å². The molecule has 1 heterocycles. The SMILES string of the molecule is Cc1cccc(N(c2ccccc2)c2ccc3cc(Cl)oc3c2)c1. The van der Waals surface area contributed by atoms with E-state index in [9.17, 15) is 0 Å². The second-order valence-corrected chi connectivity index (χ2v) is 6.16. The zero-order chi connectivity index (χ0) is 16.5. The molecule has 0 fully saturated rings. The van der Waals surface area contributed by atoms with Crippen LogP contribution in [0.3, 0.4) is 0 Å². The molecular weight excluding hydrogens is 318 g/mol. The second kappa shape index (κ2) is 6.06. The van der Waals surface area contributed by atoms with Crippen LogP contribution in [0, 0.1) is 6.92 Å².